The van der Waals surface area contributed by atoms with E-state index in [-0.39, 0.29) is 29.6 Å². The maximum absolute atomic E-state index is 15.8. The van der Waals surface area contributed by atoms with Crippen LogP contribution in [0, 0.1) is 5.82 Å². The van der Waals surface area contributed by atoms with Crippen molar-refractivity contribution in [2.75, 3.05) is 37.7 Å². The molecule has 5 rings (SSSR count). The Labute approximate surface area is 206 Å². The van der Waals surface area contributed by atoms with Gasteiger partial charge in [-0.15, -0.1) is 0 Å². The summed E-state index contributed by atoms with van der Waals surface area (Å²) in [5.74, 6) is -0.938. The molecule has 1 N–H and O–H groups in total. The second-order valence-corrected chi connectivity index (χ2v) is 10.3. The first-order valence-corrected chi connectivity index (χ1v) is 12.7. The van der Waals surface area contributed by atoms with E-state index in [1.165, 1.54) is 19.2 Å². The van der Waals surface area contributed by atoms with Gasteiger partial charge in [0.15, 0.2) is 11.2 Å². The number of rotatable bonds is 6. The largest absolute Gasteiger partial charge is 0.376 e. The lowest BCUT2D eigenvalue weighted by Crippen LogP contribution is -2.45. The summed E-state index contributed by atoms with van der Waals surface area (Å²) in [7, 11) is -1.14. The molecular formula is C24H24FN5O5S. The molecule has 0 spiro atoms. The molecule has 0 bridgehead atoms. The minimum Gasteiger partial charge on any atom is -0.376 e. The van der Waals surface area contributed by atoms with E-state index in [9.17, 15) is 13.2 Å². The molecule has 10 nitrogen and oxygen atoms in total. The van der Waals surface area contributed by atoms with Gasteiger partial charge in [-0.2, -0.15) is 18.2 Å². The molecule has 1 atom stereocenters. The molecular weight excluding hydrogens is 489 g/mol. The second kappa shape index (κ2) is 9.54. The summed E-state index contributed by atoms with van der Waals surface area (Å²) in [4.78, 5) is 17.9. The number of halogens is 1. The minimum absolute atomic E-state index is 0.0307. The van der Waals surface area contributed by atoms with E-state index in [4.69, 9.17) is 9.47 Å². The van der Waals surface area contributed by atoms with E-state index in [1.807, 2.05) is 0 Å². The number of aryl methyl sites for hydroxylation is 1. The van der Waals surface area contributed by atoms with Crippen LogP contribution in [0.25, 0.3) is 32.8 Å². The number of hydrogen-bond donors (Lipinski definition) is 1. The third-order valence-corrected chi connectivity index (χ3v) is 7.53. The molecule has 1 aliphatic rings. The molecule has 0 aliphatic carbocycles. The van der Waals surface area contributed by atoms with E-state index < -0.39 is 27.6 Å². The molecule has 0 saturated carbocycles. The van der Waals surface area contributed by atoms with Gasteiger partial charge in [0.05, 0.1) is 48.7 Å². The zero-order valence-electron chi connectivity index (χ0n) is 19.6. The molecule has 4 aromatic rings. The summed E-state index contributed by atoms with van der Waals surface area (Å²) < 4.78 is 57.1. The minimum atomic E-state index is -4.13. The molecule has 36 heavy (non-hydrogen) atoms. The van der Waals surface area contributed by atoms with Gasteiger partial charge in [0.1, 0.15) is 0 Å². The predicted molar refractivity (Wildman–Crippen MR) is 134 cm³/mol. The van der Waals surface area contributed by atoms with Crippen LogP contribution in [-0.2, 0) is 26.7 Å². The van der Waals surface area contributed by atoms with Gasteiger partial charge in [0, 0.05) is 49.5 Å². The van der Waals surface area contributed by atoms with Crippen molar-refractivity contribution >= 4 is 37.6 Å². The van der Waals surface area contributed by atoms with Crippen molar-refractivity contribution in [3.8, 4) is 11.1 Å². The van der Waals surface area contributed by atoms with Crippen LogP contribution in [-0.4, -0.2) is 62.7 Å². The van der Waals surface area contributed by atoms with Gasteiger partial charge in [0.25, 0.3) is 0 Å². The van der Waals surface area contributed by atoms with Crippen molar-refractivity contribution in [3.05, 3.63) is 65.0 Å². The second-order valence-electron chi connectivity index (χ2n) is 8.47. The summed E-state index contributed by atoms with van der Waals surface area (Å²) in [6.45, 7) is 1.05. The van der Waals surface area contributed by atoms with E-state index in [2.05, 4.69) is 14.8 Å². The normalized spacial score (nSPS) is 16.5. The number of fused-ring (bicyclic) bond motifs is 2. The fourth-order valence-electron chi connectivity index (χ4n) is 4.09. The first kappa shape index (κ1) is 24.3. The Kier molecular flexibility index (Phi) is 6.43. The van der Waals surface area contributed by atoms with Crippen molar-refractivity contribution in [1.82, 2.24) is 19.5 Å². The van der Waals surface area contributed by atoms with Crippen LogP contribution in [0.4, 0.5) is 10.1 Å². The molecule has 0 amide bonds. The number of aromatic nitrogens is 3. The fourth-order valence-corrected chi connectivity index (χ4v) is 5.08. The summed E-state index contributed by atoms with van der Waals surface area (Å²) in [5.41, 5.74) is 0.953. The van der Waals surface area contributed by atoms with E-state index in [0.717, 1.165) is 9.87 Å². The van der Waals surface area contributed by atoms with Crippen LogP contribution in [0.15, 0.2) is 53.7 Å². The molecule has 1 saturated heterocycles. The highest BCUT2D eigenvalue weighted by Crippen LogP contribution is 2.28. The number of anilines is 1. The molecule has 1 aliphatic heterocycles. The van der Waals surface area contributed by atoms with Gasteiger partial charge in [0.2, 0.25) is 0 Å². The molecule has 0 radical (unpaired) electrons. The van der Waals surface area contributed by atoms with Crippen LogP contribution in [0.3, 0.4) is 0 Å². The predicted octanol–water partition coefficient (Wildman–Crippen LogP) is 1.97. The van der Waals surface area contributed by atoms with Crippen molar-refractivity contribution in [2.24, 2.45) is 7.05 Å². The summed E-state index contributed by atoms with van der Waals surface area (Å²) in [6, 6.07) is 7.71. The van der Waals surface area contributed by atoms with Gasteiger partial charge in [-0.25, -0.2) is 4.39 Å². The first-order valence-electron chi connectivity index (χ1n) is 11.2. The van der Waals surface area contributed by atoms with Crippen molar-refractivity contribution in [2.45, 2.75) is 6.10 Å². The fraction of sp³-hybridized carbons (Fsp3) is 0.292. The Hall–Kier alpha value is -3.45. The topological polar surface area (TPSA) is 116 Å². The van der Waals surface area contributed by atoms with Gasteiger partial charge in [-0.1, -0.05) is 12.1 Å². The number of hydrogen-bond acceptors (Lipinski definition) is 7. The molecule has 1 unspecified atom stereocenters. The average Bonchev–Trinajstić information content (AvgIpc) is 3.26. The first-order chi connectivity index (χ1) is 17.2. The maximum atomic E-state index is 15.8. The monoisotopic (exact) mass is 513 g/mol. The van der Waals surface area contributed by atoms with Gasteiger partial charge >= 0.3 is 10.2 Å². The number of benzene rings is 1. The van der Waals surface area contributed by atoms with Crippen LogP contribution >= 0.6 is 0 Å². The Bertz CT molecular complexity index is 1620. The highest BCUT2D eigenvalue weighted by molar-refractivity contribution is 7.90. The molecule has 188 valence electrons. The molecule has 3 heterocycles. The van der Waals surface area contributed by atoms with Crippen LogP contribution < -0.4 is 14.5 Å². The third kappa shape index (κ3) is 4.55. The average molecular weight is 514 g/mol. The summed E-state index contributed by atoms with van der Waals surface area (Å²) in [5, 5.41) is 4.45. The highest BCUT2D eigenvalue weighted by atomic mass is 32.2. The lowest BCUT2D eigenvalue weighted by Gasteiger charge is -2.25. The lowest BCUT2D eigenvalue weighted by molar-refractivity contribution is -0.0846. The van der Waals surface area contributed by atoms with Crippen LogP contribution in [0.5, 0.6) is 0 Å². The zero-order valence-corrected chi connectivity index (χ0v) is 20.5. The van der Waals surface area contributed by atoms with Gasteiger partial charge in [-0.3, -0.25) is 18.8 Å². The molecule has 12 heteroatoms. The van der Waals surface area contributed by atoms with E-state index in [1.54, 1.807) is 48.5 Å². The van der Waals surface area contributed by atoms with Crippen molar-refractivity contribution < 1.29 is 22.3 Å². The number of nitrogens with zero attached hydrogens (tertiary/aromatic N) is 4. The van der Waals surface area contributed by atoms with Gasteiger partial charge < -0.3 is 9.47 Å². The number of nitrogens with one attached hydrogen (secondary N) is 1. The lowest BCUT2D eigenvalue weighted by atomic mass is 10.1. The standard InChI is InChI=1S/C24H24FN5O5S/c1-29-13-17(11-27-29)16-9-19-20(26-10-16)5-3-15-4-6-21(23(25)22(15)24(19)31)30(2)36(32,33)28-12-18-14-34-7-8-35-18/h3-6,9-11,13,18,28H,7-8,12,14H2,1-2H3. The zero-order chi connectivity index (χ0) is 25.4. The van der Waals surface area contributed by atoms with Crippen LogP contribution in [0.2, 0.25) is 0 Å². The maximum Gasteiger partial charge on any atom is 0.301 e. The summed E-state index contributed by atoms with van der Waals surface area (Å²) in [6.07, 6.45) is 4.61. The van der Waals surface area contributed by atoms with Crippen LogP contribution in [0.1, 0.15) is 0 Å². The van der Waals surface area contributed by atoms with Gasteiger partial charge in [-0.05, 0) is 23.6 Å². The molecule has 2 aromatic heterocycles. The Morgan fingerprint density at radius 3 is 2.72 bits per heavy atom. The van der Waals surface area contributed by atoms with E-state index in [0.29, 0.717) is 29.7 Å². The molecule has 1 fully saturated rings. The number of pyridine rings is 1. The quantitative estimate of drug-likeness (QED) is 0.419. The third-order valence-electron chi connectivity index (χ3n) is 6.08. The highest BCUT2D eigenvalue weighted by Gasteiger charge is 2.25. The SMILES string of the molecule is CN(c1ccc2ccc3ncc(-c4cnn(C)c4)cc3c(=O)c2c1F)S(=O)(=O)NCC1COCCO1. The number of ether oxygens (including phenoxy) is 2. The Morgan fingerprint density at radius 1 is 1.19 bits per heavy atom. The Balaban J connectivity index is 1.56. The Morgan fingerprint density at radius 2 is 2.00 bits per heavy atom. The van der Waals surface area contributed by atoms with Crippen molar-refractivity contribution in [1.29, 1.82) is 0 Å². The smallest absolute Gasteiger partial charge is 0.301 e. The molecule has 2 aromatic carbocycles. The summed E-state index contributed by atoms with van der Waals surface area (Å²) >= 11 is 0. The van der Waals surface area contributed by atoms with Crippen molar-refractivity contribution in [3.63, 3.8) is 0 Å². The van der Waals surface area contributed by atoms with E-state index >= 15 is 4.39 Å².